The average molecular weight is 396 g/mol. The SMILES string of the molecule is COc1cc(C=c2sc(=CC(=O)c3ccncc3)[nH]c2=O)ccc1OC(C)C. The fraction of sp³-hybridized carbons (Fsp3) is 0.190. The zero-order valence-corrected chi connectivity index (χ0v) is 16.6. The number of thiazole rings is 1. The molecule has 0 aliphatic rings. The maximum atomic E-state index is 12.3. The molecule has 0 saturated heterocycles. The number of benzene rings is 1. The zero-order chi connectivity index (χ0) is 20.1. The summed E-state index contributed by atoms with van der Waals surface area (Å²) in [4.78, 5) is 31.1. The summed E-state index contributed by atoms with van der Waals surface area (Å²) >= 11 is 1.22. The van der Waals surface area contributed by atoms with Gasteiger partial charge in [-0.1, -0.05) is 6.07 Å². The van der Waals surface area contributed by atoms with Crippen molar-refractivity contribution in [1.29, 1.82) is 0 Å². The summed E-state index contributed by atoms with van der Waals surface area (Å²) < 4.78 is 12.1. The summed E-state index contributed by atoms with van der Waals surface area (Å²) in [7, 11) is 1.57. The van der Waals surface area contributed by atoms with Gasteiger partial charge in [-0.3, -0.25) is 14.6 Å². The second kappa shape index (κ2) is 8.67. The molecule has 3 aromatic rings. The largest absolute Gasteiger partial charge is 0.493 e. The van der Waals surface area contributed by atoms with Crippen molar-refractivity contribution in [1.82, 2.24) is 9.97 Å². The van der Waals surface area contributed by atoms with Crippen molar-refractivity contribution in [3.63, 3.8) is 0 Å². The van der Waals surface area contributed by atoms with Crippen LogP contribution in [0.4, 0.5) is 0 Å². The lowest BCUT2D eigenvalue weighted by Gasteiger charge is -2.13. The van der Waals surface area contributed by atoms with Crippen LogP contribution in [0.3, 0.4) is 0 Å². The van der Waals surface area contributed by atoms with Gasteiger partial charge in [-0.15, -0.1) is 11.3 Å². The number of ether oxygens (including phenoxy) is 2. The first kappa shape index (κ1) is 19.6. The second-order valence-corrected chi connectivity index (χ2v) is 7.33. The molecule has 144 valence electrons. The van der Waals surface area contributed by atoms with E-state index in [1.807, 2.05) is 32.0 Å². The lowest BCUT2D eigenvalue weighted by molar-refractivity contribution is 0.106. The first-order valence-corrected chi connectivity index (χ1v) is 9.49. The molecule has 0 amide bonds. The van der Waals surface area contributed by atoms with Gasteiger partial charge in [0.2, 0.25) is 0 Å². The van der Waals surface area contributed by atoms with Gasteiger partial charge in [0.25, 0.3) is 5.56 Å². The molecule has 28 heavy (non-hydrogen) atoms. The molecule has 2 aromatic heterocycles. The summed E-state index contributed by atoms with van der Waals surface area (Å²) in [5.41, 5.74) is 1.06. The molecule has 2 heterocycles. The molecule has 0 atom stereocenters. The predicted octanol–water partition coefficient (Wildman–Crippen LogP) is 2.12. The molecule has 0 unspecified atom stereocenters. The van der Waals surface area contributed by atoms with Crippen LogP contribution in [0.25, 0.3) is 12.2 Å². The number of ketones is 1. The van der Waals surface area contributed by atoms with E-state index < -0.39 is 0 Å². The van der Waals surface area contributed by atoms with E-state index in [2.05, 4.69) is 9.97 Å². The quantitative estimate of drug-likeness (QED) is 0.646. The van der Waals surface area contributed by atoms with Crippen LogP contribution in [-0.2, 0) is 0 Å². The van der Waals surface area contributed by atoms with Gasteiger partial charge in [0.15, 0.2) is 17.3 Å². The molecule has 0 bridgehead atoms. The Hall–Kier alpha value is -3.19. The number of hydrogen-bond donors (Lipinski definition) is 1. The molecule has 0 radical (unpaired) electrons. The first-order chi connectivity index (χ1) is 13.5. The number of aromatic amines is 1. The lowest BCUT2D eigenvalue weighted by Crippen LogP contribution is -2.20. The smallest absolute Gasteiger partial charge is 0.266 e. The Morgan fingerprint density at radius 1 is 1.18 bits per heavy atom. The van der Waals surface area contributed by atoms with Gasteiger partial charge in [0, 0.05) is 24.0 Å². The topological polar surface area (TPSA) is 81.3 Å². The standard InChI is InChI=1S/C21H20N2O4S/c1-13(2)27-17-5-4-14(10-18(17)26-3)11-19-21(25)23-20(28-19)12-16(24)15-6-8-22-9-7-15/h4-13H,1-3H3,(H,23,25). The van der Waals surface area contributed by atoms with E-state index in [0.29, 0.717) is 26.3 Å². The van der Waals surface area contributed by atoms with Crippen LogP contribution in [0, 0.1) is 0 Å². The number of aromatic nitrogens is 2. The van der Waals surface area contributed by atoms with Crippen LogP contribution in [0.2, 0.25) is 0 Å². The lowest BCUT2D eigenvalue weighted by atomic mass is 10.2. The second-order valence-electron chi connectivity index (χ2n) is 6.25. The minimum atomic E-state index is -0.250. The molecular weight excluding hydrogens is 376 g/mol. The molecule has 0 fully saturated rings. The number of carbonyl (C=O) groups is 1. The van der Waals surface area contributed by atoms with E-state index in [-0.39, 0.29) is 17.4 Å². The third-order valence-corrected chi connectivity index (χ3v) is 4.72. The van der Waals surface area contributed by atoms with Crippen LogP contribution in [0.15, 0.2) is 47.5 Å². The molecule has 7 heteroatoms. The minimum Gasteiger partial charge on any atom is -0.493 e. The van der Waals surface area contributed by atoms with Crippen molar-refractivity contribution < 1.29 is 14.3 Å². The highest BCUT2D eigenvalue weighted by Gasteiger charge is 2.07. The molecule has 6 nitrogen and oxygen atoms in total. The van der Waals surface area contributed by atoms with Gasteiger partial charge in [0.1, 0.15) is 0 Å². The number of methoxy groups -OCH3 is 1. The van der Waals surface area contributed by atoms with Gasteiger partial charge in [0.05, 0.1) is 22.4 Å². The highest BCUT2D eigenvalue weighted by Crippen LogP contribution is 2.29. The molecule has 0 aliphatic carbocycles. The molecular formula is C21H20N2O4S. The van der Waals surface area contributed by atoms with Crippen molar-refractivity contribution in [2.24, 2.45) is 0 Å². The van der Waals surface area contributed by atoms with E-state index in [1.54, 1.807) is 37.7 Å². The van der Waals surface area contributed by atoms with Crippen LogP contribution < -0.4 is 24.2 Å². The Labute approximate surface area is 165 Å². The van der Waals surface area contributed by atoms with Gasteiger partial charge in [-0.25, -0.2) is 0 Å². The van der Waals surface area contributed by atoms with Crippen molar-refractivity contribution in [3.8, 4) is 11.5 Å². The van der Waals surface area contributed by atoms with E-state index in [0.717, 1.165) is 5.56 Å². The highest BCUT2D eigenvalue weighted by atomic mass is 32.1. The number of H-pyrrole nitrogens is 1. The maximum Gasteiger partial charge on any atom is 0.266 e. The van der Waals surface area contributed by atoms with E-state index in [4.69, 9.17) is 9.47 Å². The Morgan fingerprint density at radius 3 is 2.61 bits per heavy atom. The number of pyridine rings is 1. The molecule has 0 saturated carbocycles. The van der Waals surface area contributed by atoms with E-state index in [1.165, 1.54) is 17.4 Å². The summed E-state index contributed by atoms with van der Waals surface area (Å²) in [5.74, 6) is 1.05. The average Bonchev–Trinajstić information content (AvgIpc) is 3.02. The normalized spacial score (nSPS) is 12.4. The highest BCUT2D eigenvalue weighted by molar-refractivity contribution is 7.07. The van der Waals surface area contributed by atoms with Crippen LogP contribution in [0.5, 0.6) is 11.5 Å². The Kier molecular flexibility index (Phi) is 6.06. The molecule has 1 aromatic carbocycles. The number of Topliss-reactive ketones (excluding diaryl/α,β-unsaturated/α-hetero) is 1. The summed E-state index contributed by atoms with van der Waals surface area (Å²) in [6, 6.07) is 8.73. The van der Waals surface area contributed by atoms with Crippen LogP contribution >= 0.6 is 11.3 Å². The number of hydrogen-bond acceptors (Lipinski definition) is 6. The maximum absolute atomic E-state index is 12.3. The fourth-order valence-corrected chi connectivity index (χ4v) is 3.40. The monoisotopic (exact) mass is 396 g/mol. The summed E-state index contributed by atoms with van der Waals surface area (Å²) in [6.45, 7) is 3.88. The van der Waals surface area contributed by atoms with Gasteiger partial charge >= 0.3 is 0 Å². The third-order valence-electron chi connectivity index (χ3n) is 3.76. The molecule has 3 rings (SSSR count). The zero-order valence-electron chi connectivity index (χ0n) is 15.8. The Morgan fingerprint density at radius 2 is 1.93 bits per heavy atom. The third kappa shape index (κ3) is 4.75. The Balaban J connectivity index is 1.95. The number of rotatable bonds is 6. The van der Waals surface area contributed by atoms with Crippen LogP contribution in [-0.4, -0.2) is 29.0 Å². The summed E-state index contributed by atoms with van der Waals surface area (Å²) in [6.07, 6.45) is 6.30. The molecule has 0 aliphatic heterocycles. The van der Waals surface area contributed by atoms with Crippen molar-refractivity contribution >= 4 is 29.3 Å². The van der Waals surface area contributed by atoms with Crippen molar-refractivity contribution in [3.05, 3.63) is 73.4 Å². The van der Waals surface area contributed by atoms with Crippen molar-refractivity contribution in [2.75, 3.05) is 7.11 Å². The van der Waals surface area contributed by atoms with Gasteiger partial charge in [-0.05, 0) is 49.8 Å². The number of nitrogens with one attached hydrogen (secondary N) is 1. The fourth-order valence-electron chi connectivity index (χ4n) is 2.52. The molecule has 1 N–H and O–H groups in total. The summed E-state index contributed by atoms with van der Waals surface area (Å²) in [5, 5.41) is 0. The minimum absolute atomic E-state index is 0.0277. The number of carbonyl (C=O) groups excluding carboxylic acids is 1. The molecule has 0 spiro atoms. The van der Waals surface area contributed by atoms with Crippen LogP contribution in [0.1, 0.15) is 29.8 Å². The first-order valence-electron chi connectivity index (χ1n) is 8.68. The van der Waals surface area contributed by atoms with Crippen molar-refractivity contribution in [2.45, 2.75) is 20.0 Å². The Bertz CT molecular complexity index is 1150. The predicted molar refractivity (Wildman–Crippen MR) is 110 cm³/mol. The van der Waals surface area contributed by atoms with Gasteiger partial charge < -0.3 is 14.5 Å². The van der Waals surface area contributed by atoms with E-state index >= 15 is 0 Å². The van der Waals surface area contributed by atoms with E-state index in [9.17, 15) is 9.59 Å². The number of nitrogens with zero attached hydrogens (tertiary/aromatic N) is 1. The van der Waals surface area contributed by atoms with Gasteiger partial charge in [-0.2, -0.15) is 0 Å².